The fraction of sp³-hybridized carbons (Fsp3) is 0.222. The van der Waals surface area contributed by atoms with E-state index in [1.54, 1.807) is 48.1 Å². The standard InChI is InChI=1S/C27H26N4O4/c1-27(26(33)28-16-19-10-12-21(34-2)13-11-19)18-31-23(15-22(29-31)24-9-6-14-35-24)25(32)30(27)17-20-7-4-3-5-8-20/h3-15H,16-18H2,1-2H3,(H,28,33)/t27-/m0/s1. The van der Waals surface area contributed by atoms with Gasteiger partial charge >= 0.3 is 0 Å². The Labute approximate surface area is 203 Å². The maximum absolute atomic E-state index is 13.7. The number of amides is 2. The van der Waals surface area contributed by atoms with E-state index in [1.807, 2.05) is 54.6 Å². The molecule has 4 aromatic rings. The first-order valence-corrected chi connectivity index (χ1v) is 11.4. The van der Waals surface area contributed by atoms with Crippen LogP contribution in [-0.2, 0) is 24.4 Å². The van der Waals surface area contributed by atoms with Gasteiger partial charge in [-0.05, 0) is 42.3 Å². The van der Waals surface area contributed by atoms with Crippen LogP contribution >= 0.6 is 0 Å². The maximum Gasteiger partial charge on any atom is 0.273 e. The van der Waals surface area contributed by atoms with Crippen LogP contribution < -0.4 is 10.1 Å². The number of nitrogens with zero attached hydrogens (tertiary/aromatic N) is 3. The first-order valence-electron chi connectivity index (χ1n) is 11.4. The molecule has 0 radical (unpaired) electrons. The fourth-order valence-electron chi connectivity index (χ4n) is 4.32. The molecule has 0 saturated heterocycles. The summed E-state index contributed by atoms with van der Waals surface area (Å²) in [7, 11) is 1.61. The molecule has 0 fully saturated rings. The van der Waals surface area contributed by atoms with Gasteiger partial charge in [0.1, 0.15) is 22.7 Å². The molecule has 0 unspecified atom stereocenters. The van der Waals surface area contributed by atoms with Gasteiger partial charge in [-0.15, -0.1) is 0 Å². The quantitative estimate of drug-likeness (QED) is 0.443. The number of ether oxygens (including phenoxy) is 1. The van der Waals surface area contributed by atoms with Crippen molar-refractivity contribution in [2.45, 2.75) is 32.1 Å². The second kappa shape index (κ2) is 9.13. The molecule has 2 aromatic carbocycles. The van der Waals surface area contributed by atoms with Crippen LogP contribution in [-0.4, -0.2) is 39.1 Å². The molecule has 2 amide bonds. The average molecular weight is 471 g/mol. The highest BCUT2D eigenvalue weighted by Gasteiger charge is 2.48. The van der Waals surface area contributed by atoms with Crippen molar-refractivity contribution in [1.29, 1.82) is 0 Å². The van der Waals surface area contributed by atoms with E-state index in [9.17, 15) is 9.59 Å². The molecule has 0 saturated carbocycles. The van der Waals surface area contributed by atoms with Crippen LogP contribution in [0.5, 0.6) is 5.75 Å². The second-order valence-corrected chi connectivity index (χ2v) is 8.73. The molecule has 1 aliphatic rings. The van der Waals surface area contributed by atoms with Gasteiger partial charge in [0.2, 0.25) is 5.91 Å². The van der Waals surface area contributed by atoms with Gasteiger partial charge < -0.3 is 19.4 Å². The van der Waals surface area contributed by atoms with E-state index in [-0.39, 0.29) is 18.4 Å². The van der Waals surface area contributed by atoms with Crippen molar-refractivity contribution in [1.82, 2.24) is 20.0 Å². The van der Waals surface area contributed by atoms with E-state index in [0.29, 0.717) is 30.2 Å². The number of furan rings is 1. The summed E-state index contributed by atoms with van der Waals surface area (Å²) in [6.45, 7) is 2.63. The Balaban J connectivity index is 1.45. The van der Waals surface area contributed by atoms with Crippen molar-refractivity contribution in [2.24, 2.45) is 0 Å². The van der Waals surface area contributed by atoms with Crippen LogP contribution in [0.3, 0.4) is 0 Å². The molecule has 0 aliphatic carbocycles. The predicted molar refractivity (Wildman–Crippen MR) is 129 cm³/mol. The molecule has 1 aliphatic heterocycles. The van der Waals surface area contributed by atoms with E-state index in [2.05, 4.69) is 10.4 Å². The summed E-state index contributed by atoms with van der Waals surface area (Å²) in [5.74, 6) is 0.809. The molecule has 35 heavy (non-hydrogen) atoms. The largest absolute Gasteiger partial charge is 0.497 e. The topological polar surface area (TPSA) is 89.6 Å². The predicted octanol–water partition coefficient (Wildman–Crippen LogP) is 3.88. The van der Waals surface area contributed by atoms with Crippen molar-refractivity contribution >= 4 is 11.8 Å². The van der Waals surface area contributed by atoms with Crippen LogP contribution in [0.25, 0.3) is 11.5 Å². The van der Waals surface area contributed by atoms with Gasteiger partial charge in [-0.2, -0.15) is 5.10 Å². The molecule has 5 rings (SSSR count). The molecule has 1 atom stereocenters. The molecule has 8 heteroatoms. The van der Waals surface area contributed by atoms with Gasteiger partial charge in [-0.1, -0.05) is 42.5 Å². The van der Waals surface area contributed by atoms with Crippen LogP contribution in [0.1, 0.15) is 28.5 Å². The number of fused-ring (bicyclic) bond motifs is 1. The zero-order valence-electron chi connectivity index (χ0n) is 19.6. The first-order chi connectivity index (χ1) is 17.0. The summed E-state index contributed by atoms with van der Waals surface area (Å²) in [6, 6.07) is 22.4. The number of nitrogens with one attached hydrogen (secondary N) is 1. The highest BCUT2D eigenvalue weighted by atomic mass is 16.5. The lowest BCUT2D eigenvalue weighted by Crippen LogP contribution is -2.63. The molecule has 8 nitrogen and oxygen atoms in total. The minimum absolute atomic E-state index is 0.218. The van der Waals surface area contributed by atoms with Crippen LogP contribution in [0, 0.1) is 0 Å². The third-order valence-corrected chi connectivity index (χ3v) is 6.36. The van der Waals surface area contributed by atoms with E-state index in [1.165, 1.54) is 0 Å². The highest BCUT2D eigenvalue weighted by Crippen LogP contribution is 2.31. The number of hydrogen-bond acceptors (Lipinski definition) is 5. The van der Waals surface area contributed by atoms with Gasteiger partial charge in [0.25, 0.3) is 5.91 Å². The van der Waals surface area contributed by atoms with Crippen LogP contribution in [0.2, 0.25) is 0 Å². The summed E-state index contributed by atoms with van der Waals surface area (Å²) in [5, 5.41) is 7.60. The van der Waals surface area contributed by atoms with Crippen molar-refractivity contribution in [3.63, 3.8) is 0 Å². The molecule has 178 valence electrons. The van der Waals surface area contributed by atoms with Gasteiger partial charge in [-0.25, -0.2) is 0 Å². The van der Waals surface area contributed by atoms with Crippen LogP contribution in [0.4, 0.5) is 0 Å². The normalized spacial score (nSPS) is 17.2. The number of benzene rings is 2. The third-order valence-electron chi connectivity index (χ3n) is 6.36. The van der Waals surface area contributed by atoms with E-state index < -0.39 is 5.54 Å². The molecular weight excluding hydrogens is 444 g/mol. The zero-order valence-corrected chi connectivity index (χ0v) is 19.6. The van der Waals surface area contributed by atoms with Gasteiger partial charge in [0.15, 0.2) is 5.76 Å². The number of hydrogen-bond donors (Lipinski definition) is 1. The number of methoxy groups -OCH3 is 1. The van der Waals surface area contributed by atoms with Gasteiger partial charge in [0, 0.05) is 19.2 Å². The molecule has 0 bridgehead atoms. The fourth-order valence-corrected chi connectivity index (χ4v) is 4.32. The number of aromatic nitrogens is 2. The average Bonchev–Trinajstić information content (AvgIpc) is 3.56. The van der Waals surface area contributed by atoms with Crippen molar-refractivity contribution in [3.05, 3.63) is 95.9 Å². The lowest BCUT2D eigenvalue weighted by Gasteiger charge is -2.43. The maximum atomic E-state index is 13.7. The SMILES string of the molecule is COc1ccc(CNC(=O)[C@]2(C)Cn3nc(-c4ccco4)cc3C(=O)N2Cc2ccccc2)cc1. The first kappa shape index (κ1) is 22.5. The Hall–Kier alpha value is -4.33. The van der Waals surface area contributed by atoms with E-state index in [0.717, 1.165) is 16.9 Å². The number of rotatable bonds is 7. The minimum atomic E-state index is -1.15. The summed E-state index contributed by atoms with van der Waals surface area (Å²) < 4.78 is 12.3. The Kier molecular flexibility index (Phi) is 5.86. The zero-order chi connectivity index (χ0) is 24.4. The van der Waals surface area contributed by atoms with E-state index >= 15 is 0 Å². The number of carbonyl (C=O) groups is 2. The Morgan fingerprint density at radius 2 is 1.86 bits per heavy atom. The molecular formula is C27H26N4O4. The van der Waals surface area contributed by atoms with Crippen molar-refractivity contribution < 1.29 is 18.7 Å². The Morgan fingerprint density at radius 3 is 2.54 bits per heavy atom. The minimum Gasteiger partial charge on any atom is -0.497 e. The van der Waals surface area contributed by atoms with E-state index in [4.69, 9.17) is 9.15 Å². The third kappa shape index (κ3) is 4.30. The summed E-state index contributed by atoms with van der Waals surface area (Å²) in [4.78, 5) is 29.0. The van der Waals surface area contributed by atoms with Crippen LogP contribution in [0.15, 0.2) is 83.5 Å². The monoisotopic (exact) mass is 470 g/mol. The van der Waals surface area contributed by atoms with Crippen molar-refractivity contribution in [3.8, 4) is 17.2 Å². The Morgan fingerprint density at radius 1 is 1.09 bits per heavy atom. The van der Waals surface area contributed by atoms with Gasteiger partial charge in [0.05, 0.1) is 19.9 Å². The molecule has 0 spiro atoms. The Bertz CT molecular complexity index is 1330. The summed E-state index contributed by atoms with van der Waals surface area (Å²) in [5.41, 5.74) is 1.70. The molecule has 3 heterocycles. The number of carbonyl (C=O) groups excluding carboxylic acids is 2. The molecule has 2 aromatic heterocycles. The summed E-state index contributed by atoms with van der Waals surface area (Å²) in [6.07, 6.45) is 1.56. The highest BCUT2D eigenvalue weighted by molar-refractivity contribution is 6.00. The lowest BCUT2D eigenvalue weighted by molar-refractivity contribution is -0.133. The lowest BCUT2D eigenvalue weighted by atomic mass is 9.94. The van der Waals surface area contributed by atoms with Crippen molar-refractivity contribution in [2.75, 3.05) is 7.11 Å². The smallest absolute Gasteiger partial charge is 0.273 e. The second-order valence-electron chi connectivity index (χ2n) is 8.73. The molecule has 1 N–H and O–H groups in total. The van der Waals surface area contributed by atoms with Gasteiger partial charge in [-0.3, -0.25) is 14.3 Å². The summed E-state index contributed by atoms with van der Waals surface area (Å²) >= 11 is 0.